The van der Waals surface area contributed by atoms with Gasteiger partial charge in [0.2, 0.25) is 0 Å². The fraction of sp³-hybridized carbons (Fsp3) is 0.400. The Kier molecular flexibility index (Phi) is 3.80. The smallest absolute Gasteiger partial charge is 0.0959 e. The van der Waals surface area contributed by atoms with Crippen LogP contribution >= 0.6 is 11.3 Å². The summed E-state index contributed by atoms with van der Waals surface area (Å²) >= 11 is 1.82. The third-order valence-electron chi connectivity index (χ3n) is 3.34. The number of aliphatic hydroxyl groups excluding tert-OH is 1. The number of rotatable bonds is 6. The van der Waals surface area contributed by atoms with Crippen molar-refractivity contribution in [3.8, 4) is 0 Å². The molecular weight excluding hydrogens is 256 g/mol. The summed E-state index contributed by atoms with van der Waals surface area (Å²) in [5.74, 6) is 0.724. The minimum absolute atomic E-state index is 0.170. The molecule has 1 heterocycles. The predicted octanol–water partition coefficient (Wildman–Crippen LogP) is 3.02. The topological polar surface area (TPSA) is 36.4 Å². The Morgan fingerprint density at radius 2 is 2.05 bits per heavy atom. The van der Waals surface area contributed by atoms with Gasteiger partial charge < -0.3 is 10.0 Å². The Morgan fingerprint density at radius 1 is 1.26 bits per heavy atom. The van der Waals surface area contributed by atoms with E-state index in [0.29, 0.717) is 6.54 Å². The molecule has 1 saturated carbocycles. The van der Waals surface area contributed by atoms with Crippen LogP contribution in [0.4, 0.5) is 5.69 Å². The third-order valence-corrected chi connectivity index (χ3v) is 4.48. The minimum atomic E-state index is 0.170. The fourth-order valence-electron chi connectivity index (χ4n) is 2.16. The molecule has 100 valence electrons. The monoisotopic (exact) mass is 274 g/mol. The van der Waals surface area contributed by atoms with Crippen LogP contribution in [0.15, 0.2) is 36.5 Å². The van der Waals surface area contributed by atoms with Gasteiger partial charge in [-0.15, -0.1) is 11.3 Å². The van der Waals surface area contributed by atoms with E-state index >= 15 is 0 Å². The molecule has 0 radical (unpaired) electrons. The van der Waals surface area contributed by atoms with Crippen LogP contribution < -0.4 is 4.90 Å². The number of hydrogen-bond donors (Lipinski definition) is 1. The Labute approximate surface area is 117 Å². The molecule has 0 aliphatic heterocycles. The first-order valence-corrected chi connectivity index (χ1v) is 7.54. The number of para-hydroxylation sites is 1. The van der Waals surface area contributed by atoms with Crippen LogP contribution in [0.25, 0.3) is 0 Å². The first-order valence-electron chi connectivity index (χ1n) is 6.72. The zero-order valence-electron chi connectivity index (χ0n) is 10.8. The Morgan fingerprint density at radius 3 is 2.74 bits per heavy atom. The van der Waals surface area contributed by atoms with Crippen LogP contribution in [0.3, 0.4) is 0 Å². The lowest BCUT2D eigenvalue weighted by Gasteiger charge is -2.23. The van der Waals surface area contributed by atoms with Gasteiger partial charge in [0.25, 0.3) is 0 Å². The molecule has 2 aromatic rings. The second-order valence-corrected chi connectivity index (χ2v) is 6.07. The van der Waals surface area contributed by atoms with Gasteiger partial charge in [0.1, 0.15) is 0 Å². The SMILES string of the molecule is OCCN(Cc1cnc(C2CC2)s1)c1ccccc1. The number of aromatic nitrogens is 1. The maximum atomic E-state index is 9.23. The Hall–Kier alpha value is -1.39. The van der Waals surface area contributed by atoms with Crippen molar-refractivity contribution in [2.45, 2.75) is 25.3 Å². The molecule has 3 nitrogen and oxygen atoms in total. The van der Waals surface area contributed by atoms with Crippen LogP contribution in [0.1, 0.15) is 28.6 Å². The second-order valence-electron chi connectivity index (χ2n) is 4.92. The van der Waals surface area contributed by atoms with Crippen LogP contribution in [0, 0.1) is 0 Å². The molecule has 0 saturated heterocycles. The maximum Gasteiger partial charge on any atom is 0.0959 e. The number of thiazole rings is 1. The maximum absolute atomic E-state index is 9.23. The fourth-order valence-corrected chi connectivity index (χ4v) is 3.26. The summed E-state index contributed by atoms with van der Waals surface area (Å²) in [5.41, 5.74) is 1.15. The zero-order chi connectivity index (χ0) is 13.1. The molecule has 0 spiro atoms. The van der Waals surface area contributed by atoms with E-state index in [1.807, 2.05) is 35.7 Å². The Balaban J connectivity index is 1.73. The summed E-state index contributed by atoms with van der Waals surface area (Å²) in [6, 6.07) is 10.2. The third kappa shape index (κ3) is 3.14. The van der Waals surface area contributed by atoms with Crippen LogP contribution in [0.2, 0.25) is 0 Å². The van der Waals surface area contributed by atoms with E-state index in [0.717, 1.165) is 18.2 Å². The van der Waals surface area contributed by atoms with Gasteiger partial charge in [-0.1, -0.05) is 18.2 Å². The lowest BCUT2D eigenvalue weighted by Crippen LogP contribution is -2.25. The summed E-state index contributed by atoms with van der Waals surface area (Å²) in [4.78, 5) is 7.99. The van der Waals surface area contributed by atoms with Crippen molar-refractivity contribution in [1.29, 1.82) is 0 Å². The van der Waals surface area contributed by atoms with Gasteiger partial charge >= 0.3 is 0 Å². The normalized spacial score (nSPS) is 14.6. The highest BCUT2D eigenvalue weighted by molar-refractivity contribution is 7.11. The highest BCUT2D eigenvalue weighted by Crippen LogP contribution is 2.41. The number of benzene rings is 1. The molecule has 0 atom stereocenters. The van der Waals surface area contributed by atoms with E-state index in [1.54, 1.807) is 0 Å². The number of anilines is 1. The summed E-state index contributed by atoms with van der Waals surface area (Å²) in [6.45, 7) is 1.65. The number of aliphatic hydroxyl groups is 1. The van der Waals surface area contributed by atoms with E-state index in [4.69, 9.17) is 0 Å². The first-order chi connectivity index (χ1) is 9.36. The summed E-state index contributed by atoms with van der Waals surface area (Å²) in [5, 5.41) is 10.5. The minimum Gasteiger partial charge on any atom is -0.395 e. The van der Waals surface area contributed by atoms with Crippen LogP contribution in [0.5, 0.6) is 0 Å². The summed E-state index contributed by atoms with van der Waals surface area (Å²) in [7, 11) is 0. The highest BCUT2D eigenvalue weighted by Gasteiger charge is 2.26. The lowest BCUT2D eigenvalue weighted by molar-refractivity contribution is 0.301. The quantitative estimate of drug-likeness (QED) is 0.879. The molecular formula is C15H18N2OS. The molecule has 4 heteroatoms. The standard InChI is InChI=1S/C15H18N2OS/c18-9-8-17(13-4-2-1-3-5-13)11-14-10-16-15(19-14)12-6-7-12/h1-5,10,12,18H,6-9,11H2. The average molecular weight is 274 g/mol. The molecule has 0 unspecified atom stereocenters. The van der Waals surface area contributed by atoms with Crippen molar-refractivity contribution in [2.24, 2.45) is 0 Å². The van der Waals surface area contributed by atoms with Gasteiger partial charge in [-0.25, -0.2) is 4.98 Å². The summed E-state index contributed by atoms with van der Waals surface area (Å²) < 4.78 is 0. The molecule has 1 aromatic heterocycles. The van der Waals surface area contributed by atoms with Crippen molar-refractivity contribution in [2.75, 3.05) is 18.1 Å². The van der Waals surface area contributed by atoms with E-state index < -0.39 is 0 Å². The molecule has 1 N–H and O–H groups in total. The molecule has 0 bridgehead atoms. The Bertz CT molecular complexity index is 522. The van der Waals surface area contributed by atoms with Gasteiger partial charge in [0.15, 0.2) is 0 Å². The largest absolute Gasteiger partial charge is 0.395 e. The van der Waals surface area contributed by atoms with Gasteiger partial charge in [-0.2, -0.15) is 0 Å². The van der Waals surface area contributed by atoms with Crippen molar-refractivity contribution in [1.82, 2.24) is 4.98 Å². The predicted molar refractivity (Wildman–Crippen MR) is 78.7 cm³/mol. The summed E-state index contributed by atoms with van der Waals surface area (Å²) in [6.07, 6.45) is 4.59. The van der Waals surface area contributed by atoms with E-state index in [9.17, 15) is 5.11 Å². The molecule has 0 amide bonds. The van der Waals surface area contributed by atoms with Gasteiger partial charge in [-0.3, -0.25) is 0 Å². The lowest BCUT2D eigenvalue weighted by atomic mass is 10.3. The zero-order valence-corrected chi connectivity index (χ0v) is 11.6. The molecule has 1 aliphatic carbocycles. The van der Waals surface area contributed by atoms with Crippen molar-refractivity contribution < 1.29 is 5.11 Å². The molecule has 3 rings (SSSR count). The van der Waals surface area contributed by atoms with Crippen molar-refractivity contribution in [3.05, 3.63) is 46.4 Å². The number of nitrogens with zero attached hydrogens (tertiary/aromatic N) is 2. The van der Waals surface area contributed by atoms with E-state index in [2.05, 4.69) is 22.0 Å². The van der Waals surface area contributed by atoms with Crippen LogP contribution in [-0.4, -0.2) is 23.2 Å². The first kappa shape index (κ1) is 12.6. The molecule has 1 fully saturated rings. The number of hydrogen-bond acceptors (Lipinski definition) is 4. The highest BCUT2D eigenvalue weighted by atomic mass is 32.1. The molecule has 1 aliphatic rings. The molecule has 19 heavy (non-hydrogen) atoms. The van der Waals surface area contributed by atoms with E-state index in [1.165, 1.54) is 22.7 Å². The van der Waals surface area contributed by atoms with Gasteiger partial charge in [-0.05, 0) is 25.0 Å². The van der Waals surface area contributed by atoms with Gasteiger partial charge in [0, 0.05) is 29.2 Å². The van der Waals surface area contributed by atoms with Gasteiger partial charge in [0.05, 0.1) is 18.2 Å². The second kappa shape index (κ2) is 5.72. The molecule has 1 aromatic carbocycles. The van der Waals surface area contributed by atoms with Crippen molar-refractivity contribution >= 4 is 17.0 Å². The van der Waals surface area contributed by atoms with Crippen molar-refractivity contribution in [3.63, 3.8) is 0 Å². The average Bonchev–Trinajstić information content (AvgIpc) is 3.20. The van der Waals surface area contributed by atoms with Crippen LogP contribution in [-0.2, 0) is 6.54 Å². The van der Waals surface area contributed by atoms with E-state index in [-0.39, 0.29) is 6.61 Å².